The number of halogens is 1. The van der Waals surface area contributed by atoms with Crippen LogP contribution in [0.4, 0.5) is 10.1 Å². The highest BCUT2D eigenvalue weighted by Gasteiger charge is 2.18. The Balaban J connectivity index is 1.64. The Morgan fingerprint density at radius 1 is 1.24 bits per heavy atom. The van der Waals surface area contributed by atoms with Gasteiger partial charge in [-0.25, -0.2) is 4.39 Å². The van der Waals surface area contributed by atoms with Gasteiger partial charge in [-0.15, -0.1) is 0 Å². The Morgan fingerprint density at radius 3 is 2.81 bits per heavy atom. The molecule has 0 spiro atoms. The molecule has 0 saturated carbocycles. The lowest BCUT2D eigenvalue weighted by molar-refractivity contribution is 0.619. The first-order valence-corrected chi connectivity index (χ1v) is 7.97. The van der Waals surface area contributed by atoms with E-state index in [2.05, 4.69) is 34.6 Å². The molecule has 0 amide bonds. The molecular formula is C17H17FN2S. The first kappa shape index (κ1) is 14.1. The maximum atomic E-state index is 13.5. The molecule has 0 radical (unpaired) electrons. The predicted octanol–water partition coefficient (Wildman–Crippen LogP) is 4.26. The Hall–Kier alpha value is -1.81. The van der Waals surface area contributed by atoms with Crippen LogP contribution in [-0.4, -0.2) is 17.0 Å². The van der Waals surface area contributed by atoms with Gasteiger partial charge in [0.1, 0.15) is 5.82 Å². The first-order chi connectivity index (χ1) is 10.2. The molecule has 2 aromatic rings. The molecule has 1 N–H and O–H groups in total. The topological polar surface area (TPSA) is 24.4 Å². The number of thioether (sulfide) groups is 1. The fourth-order valence-electron chi connectivity index (χ4n) is 2.27. The molecule has 0 saturated heterocycles. The smallest absolute Gasteiger partial charge is 0.161 e. The fourth-order valence-corrected chi connectivity index (χ4v) is 3.22. The summed E-state index contributed by atoms with van der Waals surface area (Å²) in [6, 6.07) is 15.8. The van der Waals surface area contributed by atoms with Gasteiger partial charge in [0.15, 0.2) is 5.17 Å². The van der Waals surface area contributed by atoms with Crippen molar-refractivity contribution < 1.29 is 4.39 Å². The maximum absolute atomic E-state index is 13.5. The molecule has 1 aliphatic heterocycles. The van der Waals surface area contributed by atoms with Crippen molar-refractivity contribution in [3.63, 3.8) is 0 Å². The van der Waals surface area contributed by atoms with Gasteiger partial charge in [-0.1, -0.05) is 48.2 Å². The van der Waals surface area contributed by atoms with E-state index in [1.54, 1.807) is 24.8 Å². The summed E-state index contributed by atoms with van der Waals surface area (Å²) in [5, 5.41) is 4.07. The molecule has 0 aliphatic carbocycles. The molecule has 1 atom stereocenters. The maximum Gasteiger partial charge on any atom is 0.161 e. The SMILES string of the molecule is Cc1ccc(NC2=NC(Cc3ccccc3)CS2)cc1F. The number of aryl methyl sites for hydroxylation is 1. The number of nitrogens with one attached hydrogen (secondary N) is 1. The molecular weight excluding hydrogens is 283 g/mol. The second-order valence-corrected chi connectivity index (χ2v) is 6.19. The van der Waals surface area contributed by atoms with Crippen molar-refractivity contribution in [3.05, 3.63) is 65.5 Å². The number of anilines is 1. The van der Waals surface area contributed by atoms with Gasteiger partial charge in [0.2, 0.25) is 0 Å². The van der Waals surface area contributed by atoms with E-state index in [0.29, 0.717) is 5.56 Å². The van der Waals surface area contributed by atoms with Crippen molar-refractivity contribution in [1.82, 2.24) is 0 Å². The number of hydrogen-bond donors (Lipinski definition) is 1. The predicted molar refractivity (Wildman–Crippen MR) is 88.6 cm³/mol. The Bertz CT molecular complexity index is 655. The van der Waals surface area contributed by atoms with Crippen molar-refractivity contribution in [2.24, 2.45) is 4.99 Å². The standard InChI is InChI=1S/C17H17FN2S/c1-12-7-8-14(10-16(12)18)19-17-20-15(11-21-17)9-13-5-3-2-4-6-13/h2-8,10,15H,9,11H2,1H3,(H,19,20). The van der Waals surface area contributed by atoms with Crippen LogP contribution in [0.5, 0.6) is 0 Å². The van der Waals surface area contributed by atoms with E-state index < -0.39 is 0 Å². The monoisotopic (exact) mass is 300 g/mol. The third-order valence-corrected chi connectivity index (χ3v) is 4.48. The van der Waals surface area contributed by atoms with Crippen molar-refractivity contribution in [1.29, 1.82) is 0 Å². The Kier molecular flexibility index (Phi) is 4.25. The molecule has 3 rings (SSSR count). The van der Waals surface area contributed by atoms with E-state index in [0.717, 1.165) is 23.0 Å². The molecule has 2 nitrogen and oxygen atoms in total. The fraction of sp³-hybridized carbons (Fsp3) is 0.235. The average molecular weight is 300 g/mol. The zero-order valence-corrected chi connectivity index (χ0v) is 12.7. The van der Waals surface area contributed by atoms with Gasteiger partial charge in [0.05, 0.1) is 6.04 Å². The zero-order chi connectivity index (χ0) is 14.7. The van der Waals surface area contributed by atoms with Crippen molar-refractivity contribution in [2.45, 2.75) is 19.4 Å². The highest BCUT2D eigenvalue weighted by molar-refractivity contribution is 8.14. The lowest BCUT2D eigenvalue weighted by atomic mass is 10.1. The molecule has 2 aromatic carbocycles. The first-order valence-electron chi connectivity index (χ1n) is 6.98. The average Bonchev–Trinajstić information content (AvgIpc) is 2.91. The third-order valence-electron chi connectivity index (χ3n) is 3.45. The number of rotatable bonds is 3. The summed E-state index contributed by atoms with van der Waals surface area (Å²) in [6.45, 7) is 1.76. The molecule has 1 unspecified atom stereocenters. The van der Waals surface area contributed by atoms with Crippen LogP contribution in [0.1, 0.15) is 11.1 Å². The number of benzene rings is 2. The summed E-state index contributed by atoms with van der Waals surface area (Å²) in [7, 11) is 0. The second kappa shape index (κ2) is 6.31. The van der Waals surface area contributed by atoms with Crippen LogP contribution >= 0.6 is 11.8 Å². The van der Waals surface area contributed by atoms with Gasteiger partial charge >= 0.3 is 0 Å². The van der Waals surface area contributed by atoms with E-state index >= 15 is 0 Å². The number of hydrogen-bond acceptors (Lipinski definition) is 3. The molecule has 21 heavy (non-hydrogen) atoms. The van der Waals surface area contributed by atoms with Crippen LogP contribution in [0.15, 0.2) is 53.5 Å². The Labute approximate surface area is 128 Å². The summed E-state index contributed by atoms with van der Waals surface area (Å²) in [5.74, 6) is 0.774. The van der Waals surface area contributed by atoms with Crippen LogP contribution in [-0.2, 0) is 6.42 Å². The van der Waals surface area contributed by atoms with E-state index in [9.17, 15) is 4.39 Å². The minimum atomic E-state index is -0.190. The molecule has 0 fully saturated rings. The zero-order valence-electron chi connectivity index (χ0n) is 11.8. The van der Waals surface area contributed by atoms with Gasteiger partial charge < -0.3 is 5.32 Å². The van der Waals surface area contributed by atoms with Crippen molar-refractivity contribution >= 4 is 22.6 Å². The van der Waals surface area contributed by atoms with Crippen LogP contribution in [0.2, 0.25) is 0 Å². The van der Waals surface area contributed by atoms with Crippen molar-refractivity contribution in [3.8, 4) is 0 Å². The summed E-state index contributed by atoms with van der Waals surface area (Å²) >= 11 is 1.69. The van der Waals surface area contributed by atoms with Crippen LogP contribution in [0, 0.1) is 12.7 Å². The van der Waals surface area contributed by atoms with Crippen LogP contribution in [0.3, 0.4) is 0 Å². The molecule has 4 heteroatoms. The van der Waals surface area contributed by atoms with Crippen molar-refractivity contribution in [2.75, 3.05) is 11.1 Å². The van der Waals surface area contributed by atoms with Crippen LogP contribution < -0.4 is 5.32 Å². The highest BCUT2D eigenvalue weighted by atomic mass is 32.2. The molecule has 0 bridgehead atoms. The largest absolute Gasteiger partial charge is 0.335 e. The lowest BCUT2D eigenvalue weighted by Crippen LogP contribution is -2.08. The summed E-state index contributed by atoms with van der Waals surface area (Å²) in [4.78, 5) is 4.68. The quantitative estimate of drug-likeness (QED) is 0.916. The summed E-state index contributed by atoms with van der Waals surface area (Å²) < 4.78 is 13.5. The molecule has 0 aromatic heterocycles. The van der Waals surface area contributed by atoms with Gasteiger partial charge in [-0.2, -0.15) is 0 Å². The number of nitrogens with zero attached hydrogens (tertiary/aromatic N) is 1. The minimum absolute atomic E-state index is 0.190. The van der Waals surface area contributed by atoms with Gasteiger partial charge in [-0.3, -0.25) is 4.99 Å². The van der Waals surface area contributed by atoms with Gasteiger partial charge in [-0.05, 0) is 36.6 Å². The van der Waals surface area contributed by atoms with E-state index in [-0.39, 0.29) is 11.9 Å². The summed E-state index contributed by atoms with van der Waals surface area (Å²) in [6.07, 6.45) is 0.946. The second-order valence-electron chi connectivity index (χ2n) is 5.18. The molecule has 108 valence electrons. The van der Waals surface area contributed by atoms with Gasteiger partial charge in [0.25, 0.3) is 0 Å². The number of aliphatic imine (C=N–C) groups is 1. The minimum Gasteiger partial charge on any atom is -0.335 e. The number of amidine groups is 1. The van der Waals surface area contributed by atoms with Gasteiger partial charge in [0, 0.05) is 11.4 Å². The Morgan fingerprint density at radius 2 is 2.05 bits per heavy atom. The lowest BCUT2D eigenvalue weighted by Gasteiger charge is -2.06. The van der Waals surface area contributed by atoms with Crippen LogP contribution in [0.25, 0.3) is 0 Å². The summed E-state index contributed by atoms with van der Waals surface area (Å²) in [5.41, 5.74) is 2.71. The normalized spacial score (nSPS) is 17.6. The van der Waals surface area contributed by atoms with E-state index in [4.69, 9.17) is 0 Å². The molecule has 1 aliphatic rings. The van der Waals surface area contributed by atoms with E-state index in [1.165, 1.54) is 11.6 Å². The molecule has 1 heterocycles. The highest BCUT2D eigenvalue weighted by Crippen LogP contribution is 2.23. The van der Waals surface area contributed by atoms with E-state index in [1.807, 2.05) is 12.1 Å². The third kappa shape index (κ3) is 3.64.